The summed E-state index contributed by atoms with van der Waals surface area (Å²) < 4.78 is 4.67. The lowest BCUT2D eigenvalue weighted by Crippen LogP contribution is -1.98. The molecule has 0 fully saturated rings. The third-order valence-electron chi connectivity index (χ3n) is 7.41. The van der Waals surface area contributed by atoms with Crippen molar-refractivity contribution >= 4 is 21.8 Å². The number of hydrogen-bond donors (Lipinski definition) is 0. The van der Waals surface area contributed by atoms with E-state index in [-0.39, 0.29) is 0 Å². The summed E-state index contributed by atoms with van der Waals surface area (Å²) in [5.74, 6) is 0. The van der Waals surface area contributed by atoms with Crippen LogP contribution in [0, 0.1) is 18.3 Å². The third kappa shape index (κ3) is 3.91. The van der Waals surface area contributed by atoms with Gasteiger partial charge in [0.2, 0.25) is 0 Å². The Morgan fingerprint density at radius 1 is 0.513 bits per heavy atom. The summed E-state index contributed by atoms with van der Waals surface area (Å²) >= 11 is 0. The molecule has 2 heterocycles. The highest BCUT2D eigenvalue weighted by atomic mass is 15.0. The lowest BCUT2D eigenvalue weighted by atomic mass is 10.1. The van der Waals surface area contributed by atoms with Crippen LogP contribution in [-0.2, 0) is 0 Å². The summed E-state index contributed by atoms with van der Waals surface area (Å²) in [4.78, 5) is 0. The predicted octanol–water partition coefficient (Wildman–Crippen LogP) is 9.09. The van der Waals surface area contributed by atoms with E-state index in [1.54, 1.807) is 0 Å². The molecule has 0 N–H and O–H groups in total. The van der Waals surface area contributed by atoms with Gasteiger partial charge in [-0.3, -0.25) is 0 Å². The van der Waals surface area contributed by atoms with E-state index in [0.717, 1.165) is 39.2 Å². The van der Waals surface area contributed by atoms with Crippen molar-refractivity contribution in [1.29, 1.82) is 5.26 Å². The van der Waals surface area contributed by atoms with Gasteiger partial charge >= 0.3 is 0 Å². The first-order valence-electron chi connectivity index (χ1n) is 13.1. The molecular weight excluding hydrogens is 474 g/mol. The molecule has 7 aromatic rings. The van der Waals surface area contributed by atoms with Gasteiger partial charge in [0.25, 0.3) is 0 Å². The number of benzene rings is 5. The summed E-state index contributed by atoms with van der Waals surface area (Å²) in [6, 6.07) is 49.0. The molecule has 3 nitrogen and oxygen atoms in total. The smallest absolute Gasteiger partial charge is 0.0991 e. The molecule has 0 saturated carbocycles. The zero-order chi connectivity index (χ0) is 26.3. The van der Waals surface area contributed by atoms with Gasteiger partial charge in [-0.15, -0.1) is 0 Å². The molecule has 7 rings (SSSR count). The van der Waals surface area contributed by atoms with Crippen LogP contribution in [0.3, 0.4) is 0 Å². The second-order valence-corrected chi connectivity index (χ2v) is 9.93. The predicted molar refractivity (Wildman–Crippen MR) is 160 cm³/mol. The second-order valence-electron chi connectivity index (χ2n) is 9.93. The highest BCUT2D eigenvalue weighted by molar-refractivity contribution is 6.02. The lowest BCUT2D eigenvalue weighted by Gasteiger charge is -2.13. The summed E-state index contributed by atoms with van der Waals surface area (Å²) in [6.45, 7) is 2.12. The lowest BCUT2D eigenvalue weighted by molar-refractivity contribution is 1.13. The van der Waals surface area contributed by atoms with Crippen molar-refractivity contribution in [3.05, 3.63) is 145 Å². The van der Waals surface area contributed by atoms with Crippen LogP contribution in [0.4, 0.5) is 0 Å². The summed E-state index contributed by atoms with van der Waals surface area (Å²) in [5.41, 5.74) is 11.0. The van der Waals surface area contributed by atoms with Crippen LogP contribution >= 0.6 is 0 Å². The van der Waals surface area contributed by atoms with Crippen molar-refractivity contribution in [1.82, 2.24) is 9.13 Å². The van der Waals surface area contributed by atoms with E-state index in [2.05, 4.69) is 125 Å². The van der Waals surface area contributed by atoms with Crippen LogP contribution in [0.1, 0.15) is 11.1 Å². The summed E-state index contributed by atoms with van der Waals surface area (Å²) in [5, 5.41) is 11.7. The van der Waals surface area contributed by atoms with Crippen molar-refractivity contribution in [2.24, 2.45) is 0 Å². The highest BCUT2D eigenvalue weighted by Gasteiger charge is 2.18. The third-order valence-corrected chi connectivity index (χ3v) is 7.41. The number of nitriles is 1. The Morgan fingerprint density at radius 2 is 0.949 bits per heavy atom. The molecule has 5 aromatic carbocycles. The van der Waals surface area contributed by atoms with Gasteiger partial charge in [0, 0.05) is 22.1 Å². The fourth-order valence-electron chi connectivity index (χ4n) is 5.49. The molecule has 0 spiro atoms. The van der Waals surface area contributed by atoms with Gasteiger partial charge in [0.15, 0.2) is 0 Å². The molecule has 2 aromatic heterocycles. The van der Waals surface area contributed by atoms with Crippen molar-refractivity contribution in [2.75, 3.05) is 0 Å². The van der Waals surface area contributed by atoms with E-state index >= 15 is 0 Å². The van der Waals surface area contributed by atoms with Gasteiger partial charge in [0.05, 0.1) is 34.1 Å². The van der Waals surface area contributed by atoms with Crippen LogP contribution in [0.2, 0.25) is 0 Å². The Hall–Kier alpha value is -5.33. The first kappa shape index (κ1) is 22.8. The maximum atomic E-state index is 9.35. The Balaban J connectivity index is 1.54. The average Bonchev–Trinajstić information content (AvgIpc) is 3.55. The molecule has 0 radical (unpaired) electrons. The molecule has 184 valence electrons. The SMILES string of the molecule is Cc1ccc(-n2c(-c3ccccc3)cc3cc4c(cc(-c5ccccc5)n4-c4ccc(C#N)cc4)cc32)cc1. The van der Waals surface area contributed by atoms with E-state index < -0.39 is 0 Å². The quantitative estimate of drug-likeness (QED) is 0.238. The van der Waals surface area contributed by atoms with Gasteiger partial charge in [-0.25, -0.2) is 0 Å². The van der Waals surface area contributed by atoms with Crippen molar-refractivity contribution < 1.29 is 0 Å². The Kier molecular flexibility index (Phi) is 5.39. The maximum Gasteiger partial charge on any atom is 0.0991 e. The maximum absolute atomic E-state index is 9.35. The molecule has 0 bridgehead atoms. The van der Waals surface area contributed by atoms with Crippen LogP contribution in [0.15, 0.2) is 133 Å². The van der Waals surface area contributed by atoms with Gasteiger partial charge in [-0.05, 0) is 78.7 Å². The van der Waals surface area contributed by atoms with E-state index in [1.165, 1.54) is 22.0 Å². The normalized spacial score (nSPS) is 11.2. The van der Waals surface area contributed by atoms with Gasteiger partial charge in [0.1, 0.15) is 0 Å². The molecule has 0 saturated heterocycles. The summed E-state index contributed by atoms with van der Waals surface area (Å²) in [7, 11) is 0. The van der Waals surface area contributed by atoms with Crippen LogP contribution in [0.5, 0.6) is 0 Å². The highest BCUT2D eigenvalue weighted by Crippen LogP contribution is 2.38. The van der Waals surface area contributed by atoms with Crippen molar-refractivity contribution in [2.45, 2.75) is 6.92 Å². The standard InChI is InChI=1S/C36H25N3/c1-25-12-16-31(17-13-25)38-33(27-8-4-2-5-9-27)20-29-23-36-30(22-35(29)38)21-34(28-10-6-3-7-11-28)39(36)32-18-14-26(24-37)15-19-32/h2-23H,1H3. The zero-order valence-electron chi connectivity index (χ0n) is 21.5. The van der Waals surface area contributed by atoms with Crippen molar-refractivity contribution in [3.8, 4) is 40.0 Å². The van der Waals surface area contributed by atoms with E-state index in [0.29, 0.717) is 5.56 Å². The number of aromatic nitrogens is 2. The fourth-order valence-corrected chi connectivity index (χ4v) is 5.49. The molecule has 0 unspecified atom stereocenters. The molecule has 0 aliphatic rings. The number of hydrogen-bond acceptors (Lipinski definition) is 1. The van der Waals surface area contributed by atoms with Gasteiger partial charge in [-0.2, -0.15) is 5.26 Å². The average molecular weight is 500 g/mol. The largest absolute Gasteiger partial charge is 0.309 e. The van der Waals surface area contributed by atoms with Crippen molar-refractivity contribution in [3.63, 3.8) is 0 Å². The number of nitrogens with zero attached hydrogens (tertiary/aromatic N) is 3. The summed E-state index contributed by atoms with van der Waals surface area (Å²) in [6.07, 6.45) is 0. The number of aryl methyl sites for hydroxylation is 1. The fraction of sp³-hybridized carbons (Fsp3) is 0.0278. The molecule has 0 aliphatic carbocycles. The molecule has 0 atom stereocenters. The van der Waals surface area contributed by atoms with Gasteiger partial charge < -0.3 is 9.13 Å². The topological polar surface area (TPSA) is 33.6 Å². The van der Waals surface area contributed by atoms with Crippen LogP contribution < -0.4 is 0 Å². The van der Waals surface area contributed by atoms with E-state index in [4.69, 9.17) is 0 Å². The van der Waals surface area contributed by atoms with Crippen LogP contribution in [-0.4, -0.2) is 9.13 Å². The minimum atomic E-state index is 0.654. The second kappa shape index (κ2) is 9.20. The zero-order valence-corrected chi connectivity index (χ0v) is 21.5. The molecule has 3 heteroatoms. The Labute approximate surface area is 227 Å². The van der Waals surface area contributed by atoms with E-state index in [1.807, 2.05) is 30.3 Å². The minimum Gasteiger partial charge on any atom is -0.309 e. The number of fused-ring (bicyclic) bond motifs is 2. The minimum absolute atomic E-state index is 0.654. The van der Waals surface area contributed by atoms with Crippen LogP contribution in [0.25, 0.3) is 55.7 Å². The Bertz CT molecular complexity index is 1990. The molecule has 0 amide bonds. The molecule has 39 heavy (non-hydrogen) atoms. The van der Waals surface area contributed by atoms with E-state index in [9.17, 15) is 5.26 Å². The monoisotopic (exact) mass is 499 g/mol. The molecular formula is C36H25N3. The Morgan fingerprint density at radius 3 is 1.38 bits per heavy atom. The molecule has 0 aliphatic heterocycles. The number of rotatable bonds is 4. The first-order chi connectivity index (χ1) is 19.2. The first-order valence-corrected chi connectivity index (χ1v) is 13.1. The van der Waals surface area contributed by atoms with Gasteiger partial charge in [-0.1, -0.05) is 78.4 Å².